The molecule has 0 radical (unpaired) electrons. The van der Waals surface area contributed by atoms with Crippen LogP contribution in [0.2, 0.25) is 5.02 Å². The highest BCUT2D eigenvalue weighted by molar-refractivity contribution is 6.31. The number of halogens is 1. The van der Waals surface area contributed by atoms with Gasteiger partial charge < -0.3 is 11.1 Å². The number of aromatic nitrogens is 2. The average molecular weight is 294 g/mol. The highest BCUT2D eigenvalue weighted by atomic mass is 35.5. The molecule has 0 aliphatic rings. The lowest BCUT2D eigenvalue weighted by atomic mass is 10.1. The molecule has 1 atom stereocenters. The van der Waals surface area contributed by atoms with Gasteiger partial charge in [-0.15, -0.1) is 0 Å². The van der Waals surface area contributed by atoms with Crippen LogP contribution in [0.15, 0.2) is 30.6 Å². The standard InChI is InChI=1S/C12H12ClN5O2/c1-7(8-4-2-3-5-9(8)13)17-12-10(18(19)20)11(14)15-6-16-12/h2-7H,1H3,(H3,14,15,16,17). The summed E-state index contributed by atoms with van der Waals surface area (Å²) in [5, 5.41) is 14.5. The molecule has 0 amide bonds. The Labute approximate surface area is 120 Å². The molecule has 1 aromatic carbocycles. The third-order valence-electron chi connectivity index (χ3n) is 2.76. The second-order valence-electron chi connectivity index (χ2n) is 4.10. The number of anilines is 2. The van der Waals surface area contributed by atoms with E-state index in [4.69, 9.17) is 17.3 Å². The van der Waals surface area contributed by atoms with Gasteiger partial charge in [-0.1, -0.05) is 29.8 Å². The summed E-state index contributed by atoms with van der Waals surface area (Å²) in [6.07, 6.45) is 1.17. The van der Waals surface area contributed by atoms with Crippen LogP contribution in [0.25, 0.3) is 0 Å². The molecule has 2 rings (SSSR count). The Morgan fingerprint density at radius 1 is 1.40 bits per heavy atom. The lowest BCUT2D eigenvalue weighted by molar-refractivity contribution is -0.383. The fourth-order valence-electron chi connectivity index (χ4n) is 1.79. The van der Waals surface area contributed by atoms with Crippen LogP contribution in [0.3, 0.4) is 0 Å². The van der Waals surface area contributed by atoms with Crippen LogP contribution in [-0.2, 0) is 0 Å². The predicted octanol–water partition coefficient (Wildman–Crippen LogP) is 2.79. The maximum Gasteiger partial charge on any atom is 0.353 e. The Morgan fingerprint density at radius 3 is 2.75 bits per heavy atom. The molecule has 8 heteroatoms. The van der Waals surface area contributed by atoms with Gasteiger partial charge in [0.15, 0.2) is 0 Å². The quantitative estimate of drug-likeness (QED) is 0.663. The first-order chi connectivity index (χ1) is 9.50. The second kappa shape index (κ2) is 5.70. The van der Waals surface area contributed by atoms with Crippen LogP contribution in [0.5, 0.6) is 0 Å². The molecule has 20 heavy (non-hydrogen) atoms. The van der Waals surface area contributed by atoms with E-state index >= 15 is 0 Å². The molecule has 3 N–H and O–H groups in total. The molecular formula is C12H12ClN5O2. The normalized spacial score (nSPS) is 11.9. The third-order valence-corrected chi connectivity index (χ3v) is 3.10. The zero-order valence-electron chi connectivity index (χ0n) is 10.6. The van der Waals surface area contributed by atoms with Crippen molar-refractivity contribution in [3.63, 3.8) is 0 Å². The van der Waals surface area contributed by atoms with E-state index in [0.717, 1.165) is 5.56 Å². The molecule has 104 valence electrons. The van der Waals surface area contributed by atoms with E-state index in [1.54, 1.807) is 6.07 Å². The molecule has 0 aliphatic heterocycles. The maximum absolute atomic E-state index is 11.0. The number of nitrogens with one attached hydrogen (secondary N) is 1. The van der Waals surface area contributed by atoms with Crippen LogP contribution >= 0.6 is 11.6 Å². The zero-order valence-corrected chi connectivity index (χ0v) is 11.3. The van der Waals surface area contributed by atoms with Crippen molar-refractivity contribution in [2.45, 2.75) is 13.0 Å². The second-order valence-corrected chi connectivity index (χ2v) is 4.51. The number of benzene rings is 1. The van der Waals surface area contributed by atoms with Crippen LogP contribution < -0.4 is 11.1 Å². The molecule has 0 aliphatic carbocycles. The van der Waals surface area contributed by atoms with Crippen molar-refractivity contribution in [2.24, 2.45) is 0 Å². The number of nitrogens with zero attached hydrogens (tertiary/aromatic N) is 3. The van der Waals surface area contributed by atoms with E-state index in [-0.39, 0.29) is 23.4 Å². The first kappa shape index (κ1) is 14.0. The first-order valence-corrected chi connectivity index (χ1v) is 6.14. The topological polar surface area (TPSA) is 107 Å². The summed E-state index contributed by atoms with van der Waals surface area (Å²) in [6, 6.07) is 6.96. The summed E-state index contributed by atoms with van der Waals surface area (Å²) in [5.41, 5.74) is 5.97. The smallest absolute Gasteiger partial charge is 0.353 e. The Balaban J connectivity index is 2.33. The minimum absolute atomic E-state index is 0.0647. The van der Waals surface area contributed by atoms with Crippen molar-refractivity contribution >= 4 is 28.9 Å². The molecule has 1 unspecified atom stereocenters. The van der Waals surface area contributed by atoms with Crippen molar-refractivity contribution in [1.82, 2.24) is 9.97 Å². The number of hydrogen-bond acceptors (Lipinski definition) is 6. The first-order valence-electron chi connectivity index (χ1n) is 5.76. The van der Waals surface area contributed by atoms with Gasteiger partial charge in [0.25, 0.3) is 0 Å². The fourth-order valence-corrected chi connectivity index (χ4v) is 2.09. The lowest BCUT2D eigenvalue weighted by Gasteiger charge is -2.16. The van der Waals surface area contributed by atoms with Crippen LogP contribution in [0.4, 0.5) is 17.3 Å². The van der Waals surface area contributed by atoms with Crippen molar-refractivity contribution in [1.29, 1.82) is 0 Å². The SMILES string of the molecule is CC(Nc1ncnc(N)c1[N+](=O)[O-])c1ccccc1Cl. The Morgan fingerprint density at radius 2 is 2.10 bits per heavy atom. The van der Waals surface area contributed by atoms with E-state index < -0.39 is 4.92 Å². The van der Waals surface area contributed by atoms with Crippen molar-refractivity contribution in [3.8, 4) is 0 Å². The van der Waals surface area contributed by atoms with E-state index in [0.29, 0.717) is 5.02 Å². The van der Waals surface area contributed by atoms with Gasteiger partial charge >= 0.3 is 5.69 Å². The van der Waals surface area contributed by atoms with Crippen LogP contribution in [0, 0.1) is 10.1 Å². The van der Waals surface area contributed by atoms with Gasteiger partial charge in [-0.25, -0.2) is 9.97 Å². The molecular weight excluding hydrogens is 282 g/mol. The van der Waals surface area contributed by atoms with E-state index in [2.05, 4.69) is 15.3 Å². The van der Waals surface area contributed by atoms with Gasteiger partial charge in [0.05, 0.1) is 11.0 Å². The molecule has 2 aromatic rings. The van der Waals surface area contributed by atoms with E-state index in [1.165, 1.54) is 6.33 Å². The number of nitrogen functional groups attached to an aromatic ring is 1. The van der Waals surface area contributed by atoms with Crippen molar-refractivity contribution in [2.75, 3.05) is 11.1 Å². The predicted molar refractivity (Wildman–Crippen MR) is 76.6 cm³/mol. The molecule has 7 nitrogen and oxygen atoms in total. The van der Waals surface area contributed by atoms with Gasteiger partial charge in [-0.05, 0) is 18.6 Å². The molecule has 0 bridgehead atoms. The summed E-state index contributed by atoms with van der Waals surface area (Å²) in [4.78, 5) is 17.9. The summed E-state index contributed by atoms with van der Waals surface area (Å²) < 4.78 is 0. The lowest BCUT2D eigenvalue weighted by Crippen LogP contribution is -2.12. The average Bonchev–Trinajstić information content (AvgIpc) is 2.38. The van der Waals surface area contributed by atoms with Gasteiger partial charge in [-0.2, -0.15) is 0 Å². The van der Waals surface area contributed by atoms with E-state index in [1.807, 2.05) is 25.1 Å². The van der Waals surface area contributed by atoms with Gasteiger partial charge in [0.1, 0.15) is 6.33 Å². The van der Waals surface area contributed by atoms with Gasteiger partial charge in [0.2, 0.25) is 11.6 Å². The van der Waals surface area contributed by atoms with Crippen LogP contribution in [-0.4, -0.2) is 14.9 Å². The minimum atomic E-state index is -0.614. The summed E-state index contributed by atoms with van der Waals surface area (Å²) >= 11 is 6.09. The Hall–Kier alpha value is -2.41. The molecule has 0 fully saturated rings. The maximum atomic E-state index is 11.0. The Kier molecular flexibility index (Phi) is 3.99. The van der Waals surface area contributed by atoms with Crippen molar-refractivity contribution in [3.05, 3.63) is 51.3 Å². The number of rotatable bonds is 4. The van der Waals surface area contributed by atoms with Gasteiger partial charge in [-0.3, -0.25) is 10.1 Å². The zero-order chi connectivity index (χ0) is 14.7. The highest BCUT2D eigenvalue weighted by Gasteiger charge is 2.22. The largest absolute Gasteiger partial charge is 0.378 e. The fraction of sp³-hybridized carbons (Fsp3) is 0.167. The number of hydrogen-bond donors (Lipinski definition) is 2. The molecule has 0 spiro atoms. The monoisotopic (exact) mass is 293 g/mol. The molecule has 1 heterocycles. The highest BCUT2D eigenvalue weighted by Crippen LogP contribution is 2.31. The van der Waals surface area contributed by atoms with Crippen LogP contribution in [0.1, 0.15) is 18.5 Å². The number of nitrogens with two attached hydrogens (primary N) is 1. The van der Waals surface area contributed by atoms with Crippen molar-refractivity contribution < 1.29 is 4.92 Å². The Bertz CT molecular complexity index is 649. The minimum Gasteiger partial charge on any atom is -0.378 e. The van der Waals surface area contributed by atoms with E-state index in [9.17, 15) is 10.1 Å². The van der Waals surface area contributed by atoms with Gasteiger partial charge in [0, 0.05) is 5.02 Å². The summed E-state index contributed by atoms with van der Waals surface area (Å²) in [7, 11) is 0. The molecule has 0 saturated heterocycles. The third kappa shape index (κ3) is 2.77. The molecule has 0 saturated carbocycles. The summed E-state index contributed by atoms with van der Waals surface area (Å²) in [5.74, 6) is -0.117. The summed E-state index contributed by atoms with van der Waals surface area (Å²) in [6.45, 7) is 1.82. The number of nitro groups is 1. The molecule has 1 aromatic heterocycles.